The molecule has 4 nitrogen and oxygen atoms in total. The first kappa shape index (κ1) is 13.1. The van der Waals surface area contributed by atoms with Crippen molar-refractivity contribution in [3.8, 4) is 0 Å². The highest BCUT2D eigenvalue weighted by Gasteiger charge is 2.10. The molecule has 2 heterocycles. The van der Waals surface area contributed by atoms with Gasteiger partial charge in [-0.05, 0) is 29.1 Å². The molecule has 20 heavy (non-hydrogen) atoms. The highest BCUT2D eigenvalue weighted by atomic mass is 35.5. The molecule has 0 radical (unpaired) electrons. The monoisotopic (exact) mass is 310 g/mol. The van der Waals surface area contributed by atoms with Crippen LogP contribution in [0.15, 0.2) is 39.2 Å². The van der Waals surface area contributed by atoms with Crippen molar-refractivity contribution in [3.05, 3.63) is 66.9 Å². The number of nitrogens with zero attached hydrogens (tertiary/aromatic N) is 1. The van der Waals surface area contributed by atoms with Gasteiger partial charge in [0.1, 0.15) is 10.5 Å². The Hall–Kier alpha value is -1.92. The van der Waals surface area contributed by atoms with Crippen LogP contribution in [0.1, 0.15) is 5.56 Å². The summed E-state index contributed by atoms with van der Waals surface area (Å²) < 4.78 is 14.7. The number of hydrogen-bond donors (Lipinski definition) is 1. The van der Waals surface area contributed by atoms with Gasteiger partial charge in [0.2, 0.25) is 0 Å². The van der Waals surface area contributed by atoms with E-state index in [-0.39, 0.29) is 17.1 Å². The summed E-state index contributed by atoms with van der Waals surface area (Å²) in [6.07, 6.45) is 0. The van der Waals surface area contributed by atoms with E-state index in [1.165, 1.54) is 29.5 Å². The summed E-state index contributed by atoms with van der Waals surface area (Å²) in [5.41, 5.74) is 0.249. The van der Waals surface area contributed by atoms with E-state index in [2.05, 4.69) is 4.98 Å². The zero-order chi connectivity index (χ0) is 14.3. The zero-order valence-corrected chi connectivity index (χ0v) is 11.6. The van der Waals surface area contributed by atoms with Crippen LogP contribution in [0.4, 0.5) is 4.39 Å². The summed E-state index contributed by atoms with van der Waals surface area (Å²) in [6, 6.07) is 5.79. The van der Waals surface area contributed by atoms with Gasteiger partial charge in [-0.1, -0.05) is 17.7 Å². The zero-order valence-electron chi connectivity index (χ0n) is 10.0. The van der Waals surface area contributed by atoms with Crippen LogP contribution in [-0.2, 0) is 6.54 Å². The van der Waals surface area contributed by atoms with Gasteiger partial charge in [-0.2, -0.15) is 0 Å². The molecule has 0 bridgehead atoms. The molecule has 102 valence electrons. The SMILES string of the molecule is O=c1[nH]c2ccsc2c(=O)n1Cc1ccc(F)c(Cl)c1. The van der Waals surface area contributed by atoms with Crippen LogP contribution in [0, 0.1) is 5.82 Å². The van der Waals surface area contributed by atoms with E-state index in [1.807, 2.05) is 0 Å². The Bertz CT molecular complexity index is 913. The molecule has 0 aliphatic rings. The second-order valence-corrected chi connectivity index (χ2v) is 5.56. The van der Waals surface area contributed by atoms with Gasteiger partial charge in [0.15, 0.2) is 0 Å². The predicted molar refractivity (Wildman–Crippen MR) is 77.2 cm³/mol. The average Bonchev–Trinajstić information content (AvgIpc) is 2.87. The molecule has 3 aromatic rings. The number of H-pyrrole nitrogens is 1. The molecule has 0 spiro atoms. The minimum Gasteiger partial charge on any atom is -0.306 e. The van der Waals surface area contributed by atoms with E-state index in [0.29, 0.717) is 15.8 Å². The largest absolute Gasteiger partial charge is 0.329 e. The molecule has 1 N–H and O–H groups in total. The van der Waals surface area contributed by atoms with Crippen LogP contribution in [0.5, 0.6) is 0 Å². The van der Waals surface area contributed by atoms with Crippen LogP contribution in [-0.4, -0.2) is 9.55 Å². The molecular weight excluding hydrogens is 303 g/mol. The summed E-state index contributed by atoms with van der Waals surface area (Å²) in [7, 11) is 0. The third kappa shape index (κ3) is 2.17. The van der Waals surface area contributed by atoms with Crippen molar-refractivity contribution in [3.63, 3.8) is 0 Å². The van der Waals surface area contributed by atoms with Crippen molar-refractivity contribution >= 4 is 33.2 Å². The molecule has 0 amide bonds. The maximum atomic E-state index is 13.1. The number of aromatic amines is 1. The fraction of sp³-hybridized carbons (Fsp3) is 0.0769. The molecule has 0 aliphatic heterocycles. The molecule has 1 aromatic carbocycles. The smallest absolute Gasteiger partial charge is 0.306 e. The third-order valence-electron chi connectivity index (χ3n) is 2.92. The van der Waals surface area contributed by atoms with Crippen LogP contribution in [0.2, 0.25) is 5.02 Å². The Kier molecular flexibility index (Phi) is 3.19. The second-order valence-electron chi connectivity index (χ2n) is 4.23. The number of benzene rings is 1. The number of nitrogens with one attached hydrogen (secondary N) is 1. The Morgan fingerprint density at radius 3 is 2.85 bits per heavy atom. The number of halogens is 2. The minimum absolute atomic E-state index is 0.0378. The summed E-state index contributed by atoms with van der Waals surface area (Å²) >= 11 is 6.95. The Morgan fingerprint density at radius 1 is 1.30 bits per heavy atom. The number of thiophene rings is 1. The van der Waals surface area contributed by atoms with Crippen LogP contribution in [0.3, 0.4) is 0 Å². The highest BCUT2D eigenvalue weighted by molar-refractivity contribution is 7.17. The fourth-order valence-electron chi connectivity index (χ4n) is 1.93. The average molecular weight is 311 g/mol. The quantitative estimate of drug-likeness (QED) is 0.791. The van der Waals surface area contributed by atoms with Crippen LogP contribution in [0.25, 0.3) is 10.2 Å². The number of aromatic nitrogens is 2. The molecule has 0 fully saturated rings. The Morgan fingerprint density at radius 2 is 2.10 bits per heavy atom. The van der Waals surface area contributed by atoms with Crippen molar-refractivity contribution in [2.24, 2.45) is 0 Å². The lowest BCUT2D eigenvalue weighted by molar-refractivity contribution is 0.626. The van der Waals surface area contributed by atoms with Gasteiger partial charge in [0.25, 0.3) is 5.56 Å². The van der Waals surface area contributed by atoms with Crippen molar-refractivity contribution in [1.82, 2.24) is 9.55 Å². The van der Waals surface area contributed by atoms with Crippen LogP contribution < -0.4 is 11.2 Å². The van der Waals surface area contributed by atoms with Crippen molar-refractivity contribution in [2.45, 2.75) is 6.54 Å². The lowest BCUT2D eigenvalue weighted by Gasteiger charge is -2.05. The minimum atomic E-state index is -0.537. The van der Waals surface area contributed by atoms with Gasteiger partial charge >= 0.3 is 5.69 Å². The lowest BCUT2D eigenvalue weighted by atomic mass is 10.2. The van der Waals surface area contributed by atoms with E-state index >= 15 is 0 Å². The van der Waals surface area contributed by atoms with Gasteiger partial charge in [0.05, 0.1) is 17.1 Å². The Labute approximate surface area is 121 Å². The maximum absolute atomic E-state index is 13.1. The van der Waals surface area contributed by atoms with E-state index in [9.17, 15) is 14.0 Å². The van der Waals surface area contributed by atoms with Crippen LogP contribution >= 0.6 is 22.9 Å². The molecule has 0 unspecified atom stereocenters. The molecule has 0 saturated carbocycles. The topological polar surface area (TPSA) is 54.9 Å². The van der Waals surface area contributed by atoms with Gasteiger partial charge in [0, 0.05) is 0 Å². The van der Waals surface area contributed by atoms with Gasteiger partial charge in [-0.3, -0.25) is 9.36 Å². The van der Waals surface area contributed by atoms with Gasteiger partial charge in [-0.15, -0.1) is 11.3 Å². The molecule has 7 heteroatoms. The number of rotatable bonds is 2. The number of fused-ring (bicyclic) bond motifs is 1. The predicted octanol–water partition coefficient (Wildman–Crippen LogP) is 2.59. The summed E-state index contributed by atoms with van der Waals surface area (Å²) in [5.74, 6) is -0.537. The van der Waals surface area contributed by atoms with Crippen molar-refractivity contribution in [1.29, 1.82) is 0 Å². The summed E-state index contributed by atoms with van der Waals surface area (Å²) in [5, 5.41) is 1.70. The van der Waals surface area contributed by atoms with Gasteiger partial charge in [-0.25, -0.2) is 9.18 Å². The number of hydrogen-bond acceptors (Lipinski definition) is 3. The first-order valence-corrected chi connectivity index (χ1v) is 6.96. The highest BCUT2D eigenvalue weighted by Crippen LogP contribution is 2.17. The molecular formula is C13H8ClFN2O2S. The maximum Gasteiger partial charge on any atom is 0.329 e. The van der Waals surface area contributed by atoms with E-state index in [0.717, 1.165) is 4.57 Å². The molecule has 2 aromatic heterocycles. The Balaban J connectivity index is 2.12. The van der Waals surface area contributed by atoms with E-state index in [1.54, 1.807) is 11.4 Å². The first-order valence-electron chi connectivity index (χ1n) is 5.70. The molecule has 3 rings (SSSR count). The first-order chi connectivity index (χ1) is 9.56. The van der Waals surface area contributed by atoms with Crippen molar-refractivity contribution in [2.75, 3.05) is 0 Å². The normalized spacial score (nSPS) is 11.1. The lowest BCUT2D eigenvalue weighted by Crippen LogP contribution is -2.34. The van der Waals surface area contributed by atoms with E-state index in [4.69, 9.17) is 11.6 Å². The summed E-state index contributed by atoms with van der Waals surface area (Å²) in [4.78, 5) is 26.8. The third-order valence-corrected chi connectivity index (χ3v) is 4.11. The standard InChI is InChI=1S/C13H8ClFN2O2S/c14-8-5-7(1-2-9(8)15)6-17-12(18)11-10(3-4-20-11)16-13(17)19/h1-5H,6H2,(H,16,19). The summed E-state index contributed by atoms with van der Waals surface area (Å²) in [6.45, 7) is 0.0437. The fourth-order valence-corrected chi connectivity index (χ4v) is 2.94. The van der Waals surface area contributed by atoms with Crippen molar-refractivity contribution < 1.29 is 4.39 Å². The molecule has 0 saturated heterocycles. The van der Waals surface area contributed by atoms with Gasteiger partial charge < -0.3 is 4.98 Å². The molecule has 0 aliphatic carbocycles. The van der Waals surface area contributed by atoms with E-state index < -0.39 is 11.5 Å². The molecule has 0 atom stereocenters. The second kappa shape index (κ2) is 4.88.